The van der Waals surface area contributed by atoms with Crippen LogP contribution in [0.25, 0.3) is 0 Å². The molecule has 2 nitrogen and oxygen atoms in total. The van der Waals surface area contributed by atoms with E-state index >= 15 is 0 Å². The van der Waals surface area contributed by atoms with Crippen LogP contribution in [0.15, 0.2) is 48.5 Å². The largest absolute Gasteiger partial charge is 0.333 e. The smallest absolute Gasteiger partial charge is 0.260 e. The van der Waals surface area contributed by atoms with E-state index in [9.17, 15) is 13.6 Å². The van der Waals surface area contributed by atoms with Crippen LogP contribution in [0.2, 0.25) is 0 Å². The van der Waals surface area contributed by atoms with Gasteiger partial charge in [-0.3, -0.25) is 4.79 Å². The number of hydrogen-bond donors (Lipinski definition) is 0. The molecule has 0 N–H and O–H groups in total. The third-order valence-corrected chi connectivity index (χ3v) is 3.39. The molecule has 0 radical (unpaired) electrons. The van der Waals surface area contributed by atoms with Crippen molar-refractivity contribution in [2.24, 2.45) is 0 Å². The molecule has 2 rings (SSSR count). The molecule has 2 aromatic rings. The van der Waals surface area contributed by atoms with E-state index < -0.39 is 23.1 Å². The number of rotatable bonds is 5. The van der Waals surface area contributed by atoms with Crippen molar-refractivity contribution in [2.75, 3.05) is 11.9 Å². The van der Waals surface area contributed by atoms with Gasteiger partial charge in [0.15, 0.2) is 0 Å². The first kappa shape index (κ1) is 15.6. The highest BCUT2D eigenvalue weighted by Crippen LogP contribution is 2.16. The van der Waals surface area contributed by atoms with Crippen LogP contribution in [0.1, 0.15) is 15.9 Å². The molecule has 0 aliphatic heterocycles. The lowest BCUT2D eigenvalue weighted by Crippen LogP contribution is -2.33. The summed E-state index contributed by atoms with van der Waals surface area (Å²) in [6, 6.07) is 12.7. The van der Waals surface area contributed by atoms with Gasteiger partial charge in [-0.15, -0.1) is 0 Å². The van der Waals surface area contributed by atoms with Crippen molar-refractivity contribution in [3.05, 3.63) is 71.3 Å². The van der Waals surface area contributed by atoms with Gasteiger partial charge in [-0.1, -0.05) is 52.3 Å². The Kier molecular flexibility index (Phi) is 5.44. The van der Waals surface area contributed by atoms with Gasteiger partial charge in [0, 0.05) is 18.4 Å². The average Bonchev–Trinajstić information content (AvgIpc) is 2.47. The number of benzene rings is 2. The fourth-order valence-electron chi connectivity index (χ4n) is 2.02. The van der Waals surface area contributed by atoms with Crippen molar-refractivity contribution < 1.29 is 13.6 Å². The summed E-state index contributed by atoms with van der Waals surface area (Å²) in [5.41, 5.74) is 0.401. The summed E-state index contributed by atoms with van der Waals surface area (Å²) in [4.78, 5) is 13.8. The second kappa shape index (κ2) is 7.31. The van der Waals surface area contributed by atoms with Crippen LogP contribution in [0, 0.1) is 11.6 Å². The Morgan fingerprint density at radius 2 is 1.62 bits per heavy atom. The minimum atomic E-state index is -0.840. The van der Waals surface area contributed by atoms with Gasteiger partial charge in [0.05, 0.1) is 0 Å². The van der Waals surface area contributed by atoms with E-state index in [2.05, 4.69) is 15.9 Å². The molecule has 2 aromatic carbocycles. The number of carbonyl (C=O) groups is 1. The molecular formula is C16H14BrF2NO. The fraction of sp³-hybridized carbons (Fsp3) is 0.188. The minimum Gasteiger partial charge on any atom is -0.333 e. The van der Waals surface area contributed by atoms with Gasteiger partial charge in [0.1, 0.15) is 17.2 Å². The first-order valence-electron chi connectivity index (χ1n) is 6.46. The molecule has 0 spiro atoms. The Labute approximate surface area is 130 Å². The van der Waals surface area contributed by atoms with Crippen molar-refractivity contribution in [2.45, 2.75) is 6.54 Å². The Balaban J connectivity index is 2.27. The number of hydrogen-bond acceptors (Lipinski definition) is 1. The quantitative estimate of drug-likeness (QED) is 0.744. The molecule has 21 heavy (non-hydrogen) atoms. The summed E-state index contributed by atoms with van der Waals surface area (Å²) in [6.45, 7) is 0.667. The molecule has 0 saturated heterocycles. The van der Waals surface area contributed by atoms with Gasteiger partial charge in [-0.25, -0.2) is 8.78 Å². The van der Waals surface area contributed by atoms with Gasteiger partial charge in [-0.2, -0.15) is 0 Å². The normalized spacial score (nSPS) is 10.4. The molecule has 0 fully saturated rings. The number of carbonyl (C=O) groups excluding carboxylic acids is 1. The molecule has 0 aliphatic carbocycles. The Morgan fingerprint density at radius 3 is 2.19 bits per heavy atom. The van der Waals surface area contributed by atoms with E-state index in [0.29, 0.717) is 18.4 Å². The molecule has 110 valence electrons. The summed E-state index contributed by atoms with van der Waals surface area (Å²) in [5.74, 6) is -2.32. The predicted molar refractivity (Wildman–Crippen MR) is 81.3 cm³/mol. The maximum Gasteiger partial charge on any atom is 0.260 e. The van der Waals surface area contributed by atoms with Crippen LogP contribution in [-0.2, 0) is 6.54 Å². The van der Waals surface area contributed by atoms with Gasteiger partial charge in [0.25, 0.3) is 5.91 Å². The van der Waals surface area contributed by atoms with Crippen molar-refractivity contribution >= 4 is 21.8 Å². The van der Waals surface area contributed by atoms with Gasteiger partial charge < -0.3 is 4.90 Å². The van der Waals surface area contributed by atoms with Crippen LogP contribution < -0.4 is 0 Å². The monoisotopic (exact) mass is 353 g/mol. The van der Waals surface area contributed by atoms with Crippen LogP contribution in [0.5, 0.6) is 0 Å². The Hall–Kier alpha value is -1.75. The standard InChI is InChI=1S/C16H14BrF2NO/c17-9-10-20(11-12-5-2-1-3-6-12)16(21)15-13(18)7-4-8-14(15)19/h1-8H,9-11H2. The third-order valence-electron chi connectivity index (χ3n) is 3.03. The zero-order valence-corrected chi connectivity index (χ0v) is 12.8. The van der Waals surface area contributed by atoms with Crippen LogP contribution >= 0.6 is 15.9 Å². The lowest BCUT2D eigenvalue weighted by atomic mass is 10.1. The maximum atomic E-state index is 13.7. The first-order valence-corrected chi connectivity index (χ1v) is 7.59. The lowest BCUT2D eigenvalue weighted by Gasteiger charge is -2.22. The van der Waals surface area contributed by atoms with E-state index in [4.69, 9.17) is 0 Å². The molecule has 0 unspecified atom stereocenters. The topological polar surface area (TPSA) is 20.3 Å². The molecule has 1 amide bonds. The number of halogens is 3. The minimum absolute atomic E-state index is 0.305. The van der Waals surface area contributed by atoms with E-state index in [1.165, 1.54) is 11.0 Å². The summed E-state index contributed by atoms with van der Waals surface area (Å²) in [6.07, 6.45) is 0. The molecule has 0 saturated carbocycles. The van der Waals surface area contributed by atoms with Crippen molar-refractivity contribution in [1.82, 2.24) is 4.90 Å². The summed E-state index contributed by atoms with van der Waals surface area (Å²) < 4.78 is 27.5. The number of alkyl halides is 1. The predicted octanol–water partition coefficient (Wildman–Crippen LogP) is 4.00. The average molecular weight is 354 g/mol. The van der Waals surface area contributed by atoms with Crippen molar-refractivity contribution in [3.8, 4) is 0 Å². The highest BCUT2D eigenvalue weighted by Gasteiger charge is 2.22. The molecule has 0 bridgehead atoms. The second-order valence-electron chi connectivity index (χ2n) is 4.50. The van der Waals surface area contributed by atoms with E-state index in [1.54, 1.807) is 0 Å². The molecular weight excluding hydrogens is 340 g/mol. The summed E-state index contributed by atoms with van der Waals surface area (Å²) in [5, 5.41) is 0.529. The molecule has 5 heteroatoms. The van der Waals surface area contributed by atoms with E-state index in [0.717, 1.165) is 17.7 Å². The van der Waals surface area contributed by atoms with Gasteiger partial charge >= 0.3 is 0 Å². The fourth-order valence-corrected chi connectivity index (χ4v) is 2.45. The summed E-state index contributed by atoms with van der Waals surface area (Å²) >= 11 is 3.26. The van der Waals surface area contributed by atoms with Gasteiger partial charge in [-0.05, 0) is 17.7 Å². The first-order chi connectivity index (χ1) is 10.1. The molecule has 0 atom stereocenters. The highest BCUT2D eigenvalue weighted by molar-refractivity contribution is 9.09. The molecule has 0 aromatic heterocycles. The van der Waals surface area contributed by atoms with Crippen molar-refractivity contribution in [3.63, 3.8) is 0 Å². The van der Waals surface area contributed by atoms with Gasteiger partial charge in [0.2, 0.25) is 0 Å². The van der Waals surface area contributed by atoms with E-state index in [-0.39, 0.29) is 0 Å². The van der Waals surface area contributed by atoms with E-state index in [1.807, 2.05) is 30.3 Å². The lowest BCUT2D eigenvalue weighted by molar-refractivity contribution is 0.0745. The maximum absolute atomic E-state index is 13.7. The van der Waals surface area contributed by atoms with Crippen LogP contribution in [-0.4, -0.2) is 22.7 Å². The summed E-state index contributed by atoms with van der Waals surface area (Å²) in [7, 11) is 0. The third kappa shape index (κ3) is 3.88. The number of nitrogens with zero attached hydrogens (tertiary/aromatic N) is 1. The molecule has 0 aliphatic rings. The number of amides is 1. The highest BCUT2D eigenvalue weighted by atomic mass is 79.9. The second-order valence-corrected chi connectivity index (χ2v) is 5.29. The SMILES string of the molecule is O=C(c1c(F)cccc1F)N(CCBr)Cc1ccccc1. The van der Waals surface area contributed by atoms with Crippen LogP contribution in [0.3, 0.4) is 0 Å². The molecule has 0 heterocycles. The van der Waals surface area contributed by atoms with Crippen molar-refractivity contribution in [1.29, 1.82) is 0 Å². The zero-order chi connectivity index (χ0) is 15.2. The zero-order valence-electron chi connectivity index (χ0n) is 11.2. The Morgan fingerprint density at radius 1 is 1.00 bits per heavy atom. The Bertz CT molecular complexity index is 599. The van der Waals surface area contributed by atoms with Crippen LogP contribution in [0.4, 0.5) is 8.78 Å².